The SMILES string of the molecule is O=c1c(CN2CCN(c3ccc(Cl)nn3)CC2)coc2ccccc12. The van der Waals surface area contributed by atoms with Gasteiger partial charge in [0.25, 0.3) is 0 Å². The smallest absolute Gasteiger partial charge is 0.197 e. The van der Waals surface area contributed by atoms with Crippen LogP contribution in [0.25, 0.3) is 11.0 Å². The Kier molecular flexibility index (Phi) is 4.38. The minimum Gasteiger partial charge on any atom is -0.464 e. The molecule has 3 heterocycles. The molecule has 1 aliphatic heterocycles. The van der Waals surface area contributed by atoms with Gasteiger partial charge in [0, 0.05) is 38.3 Å². The number of hydrogen-bond donors (Lipinski definition) is 0. The van der Waals surface area contributed by atoms with Gasteiger partial charge in [0.1, 0.15) is 5.58 Å². The van der Waals surface area contributed by atoms with Gasteiger partial charge < -0.3 is 9.32 Å². The van der Waals surface area contributed by atoms with Gasteiger partial charge in [0.15, 0.2) is 16.4 Å². The van der Waals surface area contributed by atoms with Crippen LogP contribution in [0, 0.1) is 0 Å². The molecule has 0 radical (unpaired) electrons. The van der Waals surface area contributed by atoms with Gasteiger partial charge in [-0.25, -0.2) is 0 Å². The van der Waals surface area contributed by atoms with Crippen molar-refractivity contribution < 1.29 is 4.42 Å². The van der Waals surface area contributed by atoms with Crippen molar-refractivity contribution in [2.45, 2.75) is 6.54 Å². The van der Waals surface area contributed by atoms with E-state index < -0.39 is 0 Å². The van der Waals surface area contributed by atoms with Gasteiger partial charge in [0.05, 0.1) is 11.6 Å². The lowest BCUT2D eigenvalue weighted by Crippen LogP contribution is -2.46. The summed E-state index contributed by atoms with van der Waals surface area (Å²) in [6.45, 7) is 3.94. The van der Waals surface area contributed by atoms with E-state index in [1.165, 1.54) is 0 Å². The van der Waals surface area contributed by atoms with Crippen molar-refractivity contribution in [3.8, 4) is 0 Å². The molecule has 1 aromatic carbocycles. The number of rotatable bonds is 3. The highest BCUT2D eigenvalue weighted by Crippen LogP contribution is 2.16. The van der Waals surface area contributed by atoms with Crippen LogP contribution in [0.5, 0.6) is 0 Å². The predicted octanol–water partition coefficient (Wildman–Crippen LogP) is 2.56. The Balaban J connectivity index is 1.44. The summed E-state index contributed by atoms with van der Waals surface area (Å²) in [4.78, 5) is 17.0. The van der Waals surface area contributed by atoms with Gasteiger partial charge in [-0.3, -0.25) is 9.69 Å². The van der Waals surface area contributed by atoms with Crippen LogP contribution in [0.4, 0.5) is 5.82 Å². The molecule has 3 aromatic rings. The van der Waals surface area contributed by atoms with E-state index >= 15 is 0 Å². The fourth-order valence-electron chi connectivity index (χ4n) is 3.08. The molecule has 0 N–H and O–H groups in total. The molecule has 0 spiro atoms. The summed E-state index contributed by atoms with van der Waals surface area (Å²) in [5.41, 5.74) is 1.37. The lowest BCUT2D eigenvalue weighted by Gasteiger charge is -2.34. The van der Waals surface area contributed by atoms with Crippen molar-refractivity contribution >= 4 is 28.4 Å². The number of nitrogens with zero attached hydrogens (tertiary/aromatic N) is 4. The zero-order valence-corrected chi connectivity index (χ0v) is 14.3. The van der Waals surface area contributed by atoms with Gasteiger partial charge in [-0.2, -0.15) is 0 Å². The van der Waals surface area contributed by atoms with Crippen LogP contribution < -0.4 is 10.3 Å². The Morgan fingerprint density at radius 3 is 2.60 bits per heavy atom. The normalized spacial score (nSPS) is 15.6. The van der Waals surface area contributed by atoms with E-state index in [0.29, 0.717) is 28.2 Å². The summed E-state index contributed by atoms with van der Waals surface area (Å²) in [5.74, 6) is 0.828. The molecule has 25 heavy (non-hydrogen) atoms. The monoisotopic (exact) mass is 356 g/mol. The van der Waals surface area contributed by atoms with E-state index in [-0.39, 0.29) is 5.43 Å². The summed E-state index contributed by atoms with van der Waals surface area (Å²) < 4.78 is 5.60. The second-order valence-corrected chi connectivity index (χ2v) is 6.45. The van der Waals surface area contributed by atoms with Crippen LogP contribution in [-0.4, -0.2) is 41.3 Å². The zero-order chi connectivity index (χ0) is 17.2. The third-order valence-corrected chi connectivity index (χ3v) is 4.66. The Hall–Kier alpha value is -2.44. The molecule has 1 fully saturated rings. The first-order valence-electron chi connectivity index (χ1n) is 8.17. The zero-order valence-electron chi connectivity index (χ0n) is 13.6. The van der Waals surface area contributed by atoms with Crippen LogP contribution in [0.2, 0.25) is 5.15 Å². The molecule has 0 atom stereocenters. The highest BCUT2D eigenvalue weighted by molar-refractivity contribution is 6.29. The highest BCUT2D eigenvalue weighted by Gasteiger charge is 2.20. The number of piperazine rings is 1. The number of fused-ring (bicyclic) bond motifs is 1. The van der Waals surface area contributed by atoms with Crippen LogP contribution in [0.1, 0.15) is 5.56 Å². The molecule has 2 aromatic heterocycles. The Labute approximate surface area is 149 Å². The lowest BCUT2D eigenvalue weighted by atomic mass is 10.1. The maximum absolute atomic E-state index is 12.6. The molecule has 0 amide bonds. The number of aromatic nitrogens is 2. The average Bonchev–Trinajstić information content (AvgIpc) is 2.66. The molecule has 0 aliphatic carbocycles. The maximum atomic E-state index is 12.6. The number of anilines is 1. The van der Waals surface area contributed by atoms with E-state index in [2.05, 4.69) is 20.0 Å². The van der Waals surface area contributed by atoms with E-state index in [1.54, 1.807) is 12.3 Å². The van der Waals surface area contributed by atoms with Crippen LogP contribution >= 0.6 is 11.6 Å². The maximum Gasteiger partial charge on any atom is 0.197 e. The van der Waals surface area contributed by atoms with Gasteiger partial charge in [-0.1, -0.05) is 23.7 Å². The van der Waals surface area contributed by atoms with Gasteiger partial charge >= 0.3 is 0 Å². The summed E-state index contributed by atoms with van der Waals surface area (Å²) in [7, 11) is 0. The van der Waals surface area contributed by atoms with Gasteiger partial charge in [-0.05, 0) is 24.3 Å². The number of hydrogen-bond acceptors (Lipinski definition) is 6. The van der Waals surface area contributed by atoms with Crippen LogP contribution in [-0.2, 0) is 6.54 Å². The van der Waals surface area contributed by atoms with Crippen molar-refractivity contribution in [1.82, 2.24) is 15.1 Å². The Bertz CT molecular complexity index is 934. The minimum atomic E-state index is 0.0489. The van der Waals surface area contributed by atoms with E-state index in [1.807, 2.05) is 30.3 Å². The van der Waals surface area contributed by atoms with E-state index in [4.69, 9.17) is 16.0 Å². The molecular weight excluding hydrogens is 340 g/mol. The largest absolute Gasteiger partial charge is 0.464 e. The molecule has 4 rings (SSSR count). The summed E-state index contributed by atoms with van der Waals surface area (Å²) in [6, 6.07) is 11.0. The first kappa shape index (κ1) is 16.1. The number of benzene rings is 1. The lowest BCUT2D eigenvalue weighted by molar-refractivity contribution is 0.247. The topological polar surface area (TPSA) is 62.5 Å². The molecule has 0 unspecified atom stereocenters. The molecule has 1 aliphatic rings. The first-order chi connectivity index (χ1) is 12.2. The van der Waals surface area contributed by atoms with Crippen molar-refractivity contribution in [3.63, 3.8) is 0 Å². The van der Waals surface area contributed by atoms with Crippen molar-refractivity contribution in [2.24, 2.45) is 0 Å². The third-order valence-electron chi connectivity index (χ3n) is 4.46. The third kappa shape index (κ3) is 3.36. The molecular formula is C18H17ClN4O2. The molecule has 6 nitrogen and oxygen atoms in total. The summed E-state index contributed by atoms with van der Waals surface area (Å²) >= 11 is 5.78. The molecule has 0 bridgehead atoms. The average molecular weight is 357 g/mol. The number of para-hydroxylation sites is 1. The summed E-state index contributed by atoms with van der Waals surface area (Å²) in [5, 5.41) is 9.04. The van der Waals surface area contributed by atoms with E-state index in [0.717, 1.165) is 32.0 Å². The summed E-state index contributed by atoms with van der Waals surface area (Å²) in [6.07, 6.45) is 1.59. The molecule has 7 heteroatoms. The predicted molar refractivity (Wildman–Crippen MR) is 97.0 cm³/mol. The fourth-order valence-corrected chi connectivity index (χ4v) is 3.18. The molecule has 0 saturated carbocycles. The quantitative estimate of drug-likeness (QED) is 0.718. The number of halogens is 1. The first-order valence-corrected chi connectivity index (χ1v) is 8.54. The molecule has 128 valence electrons. The van der Waals surface area contributed by atoms with Gasteiger partial charge in [0.2, 0.25) is 0 Å². The Morgan fingerprint density at radius 2 is 1.84 bits per heavy atom. The van der Waals surface area contributed by atoms with Crippen molar-refractivity contribution in [2.75, 3.05) is 31.1 Å². The van der Waals surface area contributed by atoms with Crippen molar-refractivity contribution in [1.29, 1.82) is 0 Å². The highest BCUT2D eigenvalue weighted by atomic mass is 35.5. The van der Waals surface area contributed by atoms with Crippen LogP contribution in [0.3, 0.4) is 0 Å². The Morgan fingerprint density at radius 1 is 1.04 bits per heavy atom. The van der Waals surface area contributed by atoms with Crippen LogP contribution in [0.15, 0.2) is 51.9 Å². The van der Waals surface area contributed by atoms with Gasteiger partial charge in [-0.15, -0.1) is 10.2 Å². The fraction of sp³-hybridized carbons (Fsp3) is 0.278. The minimum absolute atomic E-state index is 0.0489. The second kappa shape index (κ2) is 6.82. The van der Waals surface area contributed by atoms with Crippen molar-refractivity contribution in [3.05, 3.63) is 63.6 Å². The molecule has 1 saturated heterocycles. The standard InChI is InChI=1S/C18H17ClN4O2/c19-16-5-6-17(21-20-16)23-9-7-22(8-10-23)11-13-12-25-15-4-2-1-3-14(15)18(13)24/h1-6,12H,7-11H2. The van der Waals surface area contributed by atoms with E-state index in [9.17, 15) is 4.79 Å². The second-order valence-electron chi connectivity index (χ2n) is 6.06.